The molecule has 1 heterocycles. The first-order chi connectivity index (χ1) is 11.2. The second-order valence-electron chi connectivity index (χ2n) is 5.15. The second-order valence-corrected chi connectivity index (χ2v) is 5.54. The molecule has 0 unspecified atom stereocenters. The van der Waals surface area contributed by atoms with Crippen molar-refractivity contribution in [2.75, 3.05) is 7.11 Å². The van der Waals surface area contributed by atoms with E-state index in [0.717, 1.165) is 40.8 Å². The van der Waals surface area contributed by atoms with Gasteiger partial charge in [-0.3, -0.25) is 5.10 Å². The molecule has 1 aromatic heterocycles. The normalized spacial score (nSPS) is 11.4. The Labute approximate surface area is 139 Å². The number of rotatable bonds is 5. The van der Waals surface area contributed by atoms with Crippen molar-refractivity contribution in [2.24, 2.45) is 5.10 Å². The molecule has 5 nitrogen and oxygen atoms in total. The van der Waals surface area contributed by atoms with Crippen LogP contribution in [-0.2, 0) is 6.42 Å². The Morgan fingerprint density at radius 2 is 2.13 bits per heavy atom. The van der Waals surface area contributed by atoms with Crippen LogP contribution in [0, 0.1) is 4.77 Å². The Bertz CT molecular complexity index is 910. The maximum Gasteiger partial charge on any atom is 0.216 e. The minimum Gasteiger partial charge on any atom is -0.496 e. The van der Waals surface area contributed by atoms with Gasteiger partial charge in [0.05, 0.1) is 13.3 Å². The van der Waals surface area contributed by atoms with Crippen LogP contribution in [0.2, 0.25) is 0 Å². The number of benzene rings is 2. The van der Waals surface area contributed by atoms with Gasteiger partial charge >= 0.3 is 0 Å². The molecule has 6 heteroatoms. The Kier molecular flexibility index (Phi) is 4.52. The Morgan fingerprint density at radius 1 is 1.30 bits per heavy atom. The monoisotopic (exact) mass is 326 g/mol. The van der Waals surface area contributed by atoms with Gasteiger partial charge in [0.15, 0.2) is 5.82 Å². The molecule has 0 aliphatic heterocycles. The maximum absolute atomic E-state index is 5.48. The van der Waals surface area contributed by atoms with Crippen LogP contribution in [0.3, 0.4) is 0 Å². The van der Waals surface area contributed by atoms with Crippen LogP contribution in [0.25, 0.3) is 10.8 Å². The molecule has 0 fully saturated rings. The standard InChI is InChI=1S/C17H18N4OS/c1-3-6-16-19-20-17(23)21(16)18-11-14-13-8-5-4-7-12(13)9-10-15(14)22-2/h4-5,7-11H,3,6H2,1-2H3,(H,20,23). The zero-order chi connectivity index (χ0) is 16.2. The van der Waals surface area contributed by atoms with Gasteiger partial charge in [-0.25, -0.2) is 0 Å². The summed E-state index contributed by atoms with van der Waals surface area (Å²) >= 11 is 5.26. The summed E-state index contributed by atoms with van der Waals surface area (Å²) in [6.45, 7) is 2.10. The first-order valence-electron chi connectivity index (χ1n) is 7.51. The third kappa shape index (κ3) is 3.03. The average molecular weight is 326 g/mol. The number of ether oxygens (including phenoxy) is 1. The number of hydrogen-bond acceptors (Lipinski definition) is 4. The van der Waals surface area contributed by atoms with Gasteiger partial charge < -0.3 is 4.74 Å². The Morgan fingerprint density at radius 3 is 2.91 bits per heavy atom. The van der Waals surface area contributed by atoms with Crippen molar-refractivity contribution >= 4 is 29.2 Å². The van der Waals surface area contributed by atoms with Crippen molar-refractivity contribution in [1.29, 1.82) is 0 Å². The van der Waals surface area contributed by atoms with E-state index in [4.69, 9.17) is 17.0 Å². The van der Waals surface area contributed by atoms with Crippen LogP contribution >= 0.6 is 12.2 Å². The van der Waals surface area contributed by atoms with Crippen LogP contribution < -0.4 is 4.74 Å². The molecule has 0 aliphatic carbocycles. The van der Waals surface area contributed by atoms with Crippen LogP contribution in [0.5, 0.6) is 5.75 Å². The van der Waals surface area contributed by atoms with Gasteiger partial charge in [-0.1, -0.05) is 37.3 Å². The van der Waals surface area contributed by atoms with Crippen molar-refractivity contribution in [3.63, 3.8) is 0 Å². The van der Waals surface area contributed by atoms with E-state index in [-0.39, 0.29) is 0 Å². The van der Waals surface area contributed by atoms with E-state index in [2.05, 4.69) is 34.4 Å². The van der Waals surface area contributed by atoms with Gasteiger partial charge in [0.25, 0.3) is 0 Å². The van der Waals surface area contributed by atoms with Crippen molar-refractivity contribution in [3.8, 4) is 5.75 Å². The zero-order valence-corrected chi connectivity index (χ0v) is 13.9. The van der Waals surface area contributed by atoms with Gasteiger partial charge in [0.1, 0.15) is 5.75 Å². The molecular weight excluding hydrogens is 308 g/mol. The molecule has 3 rings (SSSR count). The van der Waals surface area contributed by atoms with Crippen molar-refractivity contribution in [1.82, 2.24) is 14.9 Å². The van der Waals surface area contributed by atoms with Crippen LogP contribution in [0.15, 0.2) is 41.5 Å². The molecule has 0 spiro atoms. The van der Waals surface area contributed by atoms with Gasteiger partial charge in [0.2, 0.25) is 4.77 Å². The minimum atomic E-state index is 0.490. The van der Waals surface area contributed by atoms with E-state index < -0.39 is 0 Å². The zero-order valence-electron chi connectivity index (χ0n) is 13.1. The number of methoxy groups -OCH3 is 1. The lowest BCUT2D eigenvalue weighted by molar-refractivity contribution is 0.415. The van der Waals surface area contributed by atoms with E-state index in [0.29, 0.717) is 4.77 Å². The number of nitrogens with one attached hydrogen (secondary N) is 1. The third-order valence-corrected chi connectivity index (χ3v) is 3.91. The summed E-state index contributed by atoms with van der Waals surface area (Å²) in [5, 5.41) is 13.8. The fourth-order valence-electron chi connectivity index (χ4n) is 2.53. The molecule has 3 aromatic rings. The topological polar surface area (TPSA) is 55.2 Å². The molecule has 0 bridgehead atoms. The second kappa shape index (κ2) is 6.75. The number of hydrogen-bond donors (Lipinski definition) is 1. The van der Waals surface area contributed by atoms with Gasteiger partial charge in [-0.2, -0.15) is 14.9 Å². The lowest BCUT2D eigenvalue weighted by atomic mass is 10.0. The SMILES string of the molecule is CCCc1n[nH]c(=S)n1N=Cc1c(OC)ccc2ccccc12. The summed E-state index contributed by atoms with van der Waals surface area (Å²) < 4.78 is 7.64. The number of aryl methyl sites for hydroxylation is 1. The third-order valence-electron chi connectivity index (χ3n) is 3.64. The van der Waals surface area contributed by atoms with Crippen molar-refractivity contribution in [2.45, 2.75) is 19.8 Å². The molecule has 0 atom stereocenters. The summed E-state index contributed by atoms with van der Waals surface area (Å²) in [5.41, 5.74) is 0.927. The Hall–Kier alpha value is -2.47. The van der Waals surface area contributed by atoms with E-state index in [1.165, 1.54) is 0 Å². The van der Waals surface area contributed by atoms with Gasteiger partial charge in [-0.05, 0) is 35.5 Å². The lowest BCUT2D eigenvalue weighted by Crippen LogP contribution is -2.00. The molecule has 0 aliphatic rings. The van der Waals surface area contributed by atoms with Crippen LogP contribution in [0.4, 0.5) is 0 Å². The summed E-state index contributed by atoms with van der Waals surface area (Å²) in [7, 11) is 1.66. The molecule has 0 radical (unpaired) electrons. The van der Waals surface area contributed by atoms with E-state index in [1.54, 1.807) is 18.0 Å². The highest BCUT2D eigenvalue weighted by Gasteiger charge is 2.07. The molecule has 23 heavy (non-hydrogen) atoms. The molecule has 0 amide bonds. The predicted octanol–water partition coefficient (Wildman–Crippen LogP) is 3.94. The van der Waals surface area contributed by atoms with E-state index >= 15 is 0 Å². The molecule has 118 valence electrons. The number of aromatic nitrogens is 3. The van der Waals surface area contributed by atoms with Crippen molar-refractivity contribution in [3.05, 3.63) is 52.6 Å². The maximum atomic E-state index is 5.48. The summed E-state index contributed by atoms with van der Waals surface area (Å²) in [6, 6.07) is 12.1. The first-order valence-corrected chi connectivity index (χ1v) is 7.91. The molecule has 1 N–H and O–H groups in total. The minimum absolute atomic E-state index is 0.490. The fourth-order valence-corrected chi connectivity index (χ4v) is 2.73. The largest absolute Gasteiger partial charge is 0.496 e. The quantitative estimate of drug-likeness (QED) is 0.571. The molecule has 0 saturated carbocycles. The highest BCUT2D eigenvalue weighted by molar-refractivity contribution is 7.71. The number of H-pyrrole nitrogens is 1. The summed E-state index contributed by atoms with van der Waals surface area (Å²) in [6.07, 6.45) is 3.58. The van der Waals surface area contributed by atoms with Crippen molar-refractivity contribution < 1.29 is 4.74 Å². The number of nitrogens with zero attached hydrogens (tertiary/aromatic N) is 3. The highest BCUT2D eigenvalue weighted by Crippen LogP contribution is 2.26. The predicted molar refractivity (Wildman–Crippen MR) is 94.9 cm³/mol. The molecule has 0 saturated heterocycles. The van der Waals surface area contributed by atoms with E-state index in [9.17, 15) is 0 Å². The number of fused-ring (bicyclic) bond motifs is 1. The van der Waals surface area contributed by atoms with Crippen LogP contribution in [-0.4, -0.2) is 28.2 Å². The van der Waals surface area contributed by atoms with Crippen LogP contribution in [0.1, 0.15) is 24.7 Å². The summed E-state index contributed by atoms with van der Waals surface area (Å²) in [5.74, 6) is 1.60. The Balaban J connectivity index is 2.11. The lowest BCUT2D eigenvalue weighted by Gasteiger charge is -2.08. The summed E-state index contributed by atoms with van der Waals surface area (Å²) in [4.78, 5) is 0. The number of aromatic amines is 1. The molecular formula is C17H18N4OS. The molecule has 2 aromatic carbocycles. The highest BCUT2D eigenvalue weighted by atomic mass is 32.1. The van der Waals surface area contributed by atoms with Gasteiger partial charge in [0, 0.05) is 12.0 Å². The van der Waals surface area contributed by atoms with E-state index in [1.807, 2.05) is 24.3 Å². The first kappa shape index (κ1) is 15.4. The van der Waals surface area contributed by atoms with Gasteiger partial charge in [-0.15, -0.1) is 0 Å². The smallest absolute Gasteiger partial charge is 0.216 e. The fraction of sp³-hybridized carbons (Fsp3) is 0.235. The average Bonchev–Trinajstić information content (AvgIpc) is 2.93.